The highest BCUT2D eigenvalue weighted by atomic mass is 35.5. The molecule has 1 aliphatic rings. The van der Waals surface area contributed by atoms with Gasteiger partial charge >= 0.3 is 5.69 Å². The van der Waals surface area contributed by atoms with Crippen LogP contribution >= 0.6 is 11.6 Å². The van der Waals surface area contributed by atoms with Crippen LogP contribution in [0.5, 0.6) is 5.75 Å². The molecule has 0 aliphatic carbocycles. The largest absolute Gasteiger partial charge is 0.507 e. The molecule has 5 rings (SSSR count). The van der Waals surface area contributed by atoms with E-state index in [1.807, 2.05) is 11.8 Å². The standard InChI is InChI=1S/C28H26ClFN6O5S/c1-5-22(38)34-11-12-35(15(2)14-34)26-17-13-18(29)24(23-19(30)7-6-8-20(23)37)32-27(17)36(28(39)33-26)25-16(3)31-10-9-21(25)42(4,40)41/h5-10,13,15,37H,1,11-12,14H2,2-4H3/t15-/m0/s1. The van der Waals surface area contributed by atoms with Crippen molar-refractivity contribution in [2.75, 3.05) is 30.8 Å². The summed E-state index contributed by atoms with van der Waals surface area (Å²) in [4.78, 5) is 42.5. The molecule has 1 fully saturated rings. The van der Waals surface area contributed by atoms with Crippen molar-refractivity contribution in [3.63, 3.8) is 0 Å². The molecule has 1 N–H and O–H groups in total. The number of aromatic nitrogens is 4. The van der Waals surface area contributed by atoms with E-state index in [1.54, 1.807) is 4.90 Å². The maximum atomic E-state index is 15.0. The minimum atomic E-state index is -3.87. The third-order valence-electron chi connectivity index (χ3n) is 7.11. The van der Waals surface area contributed by atoms with Crippen molar-refractivity contribution in [2.45, 2.75) is 24.8 Å². The number of fused-ring (bicyclic) bond motifs is 1. The van der Waals surface area contributed by atoms with Gasteiger partial charge in [-0.3, -0.25) is 9.78 Å². The number of carbonyl (C=O) groups excluding carboxylic acids is 1. The van der Waals surface area contributed by atoms with Crippen molar-refractivity contribution in [3.8, 4) is 22.7 Å². The highest BCUT2D eigenvalue weighted by Crippen LogP contribution is 2.39. The van der Waals surface area contributed by atoms with Gasteiger partial charge in [-0.25, -0.2) is 27.2 Å². The Morgan fingerprint density at radius 1 is 1.24 bits per heavy atom. The topological polar surface area (TPSA) is 139 Å². The number of pyridine rings is 2. The van der Waals surface area contributed by atoms with Crippen LogP contribution in [0.3, 0.4) is 0 Å². The van der Waals surface area contributed by atoms with E-state index >= 15 is 0 Å². The molecule has 0 spiro atoms. The van der Waals surface area contributed by atoms with Gasteiger partial charge in [-0.05, 0) is 44.2 Å². The van der Waals surface area contributed by atoms with Gasteiger partial charge in [-0.1, -0.05) is 24.2 Å². The van der Waals surface area contributed by atoms with Gasteiger partial charge in [0, 0.05) is 38.1 Å². The Bertz CT molecular complexity index is 1930. The number of nitrogens with zero attached hydrogens (tertiary/aromatic N) is 6. The number of sulfone groups is 1. The molecule has 0 radical (unpaired) electrons. The zero-order chi connectivity index (χ0) is 30.5. The second-order valence-corrected chi connectivity index (χ2v) is 12.3. The monoisotopic (exact) mass is 612 g/mol. The Morgan fingerprint density at radius 3 is 2.62 bits per heavy atom. The van der Waals surface area contributed by atoms with E-state index in [2.05, 4.69) is 21.5 Å². The van der Waals surface area contributed by atoms with Crippen molar-refractivity contribution in [3.05, 3.63) is 76.2 Å². The van der Waals surface area contributed by atoms with Crippen LogP contribution in [0.2, 0.25) is 5.02 Å². The van der Waals surface area contributed by atoms with E-state index in [0.29, 0.717) is 19.6 Å². The molecule has 1 atom stereocenters. The first-order valence-corrected chi connectivity index (χ1v) is 15.1. The summed E-state index contributed by atoms with van der Waals surface area (Å²) < 4.78 is 41.6. The molecule has 1 aliphatic heterocycles. The number of aryl methyl sites for hydroxylation is 1. The zero-order valence-electron chi connectivity index (χ0n) is 22.9. The number of anilines is 1. The van der Waals surface area contributed by atoms with Gasteiger partial charge in [-0.2, -0.15) is 4.98 Å². The summed E-state index contributed by atoms with van der Waals surface area (Å²) >= 11 is 6.64. The van der Waals surface area contributed by atoms with E-state index in [-0.39, 0.29) is 61.4 Å². The number of carbonyl (C=O) groups is 1. The SMILES string of the molecule is C=CC(=O)N1CCN(c2nc(=O)n(-c3c(S(C)(=O)=O)ccnc3C)c3nc(-c4c(O)cccc4F)c(Cl)cc23)[C@@H](C)C1. The number of piperazine rings is 1. The van der Waals surface area contributed by atoms with Gasteiger partial charge in [0.15, 0.2) is 15.5 Å². The summed E-state index contributed by atoms with van der Waals surface area (Å²) in [6, 6.07) is 6.13. The molecule has 0 unspecified atom stereocenters. The van der Waals surface area contributed by atoms with Crippen LogP contribution in [0.1, 0.15) is 12.6 Å². The third-order valence-corrected chi connectivity index (χ3v) is 8.53. The molecule has 1 saturated heterocycles. The van der Waals surface area contributed by atoms with Gasteiger partial charge in [0.05, 0.1) is 37.9 Å². The Kier molecular flexibility index (Phi) is 7.50. The fraction of sp³-hybridized carbons (Fsp3) is 0.250. The lowest BCUT2D eigenvalue weighted by Crippen LogP contribution is -2.54. The second-order valence-electron chi connectivity index (χ2n) is 9.92. The van der Waals surface area contributed by atoms with Crippen LogP contribution in [0, 0.1) is 12.7 Å². The van der Waals surface area contributed by atoms with Crippen LogP contribution < -0.4 is 10.6 Å². The maximum Gasteiger partial charge on any atom is 0.355 e. The van der Waals surface area contributed by atoms with E-state index in [1.165, 1.54) is 43.5 Å². The summed E-state index contributed by atoms with van der Waals surface area (Å²) in [6.45, 7) is 7.88. The average Bonchev–Trinajstić information content (AvgIpc) is 2.92. The minimum absolute atomic E-state index is 0.0458. The van der Waals surface area contributed by atoms with Crippen LogP contribution in [0.25, 0.3) is 28.0 Å². The first-order valence-electron chi connectivity index (χ1n) is 12.8. The molecular formula is C28H26ClFN6O5S. The van der Waals surface area contributed by atoms with Crippen LogP contribution in [-0.4, -0.2) is 75.8 Å². The van der Waals surface area contributed by atoms with Crippen molar-refractivity contribution in [1.82, 2.24) is 24.4 Å². The van der Waals surface area contributed by atoms with Crippen LogP contribution in [-0.2, 0) is 14.6 Å². The van der Waals surface area contributed by atoms with E-state index in [0.717, 1.165) is 16.9 Å². The molecule has 14 heteroatoms. The Morgan fingerprint density at radius 2 is 1.98 bits per heavy atom. The van der Waals surface area contributed by atoms with Crippen LogP contribution in [0.4, 0.5) is 10.2 Å². The highest BCUT2D eigenvalue weighted by molar-refractivity contribution is 7.90. The Labute approximate surface area is 245 Å². The van der Waals surface area contributed by atoms with Gasteiger partial charge in [-0.15, -0.1) is 0 Å². The zero-order valence-corrected chi connectivity index (χ0v) is 24.4. The molecule has 0 bridgehead atoms. The highest BCUT2D eigenvalue weighted by Gasteiger charge is 2.31. The summed E-state index contributed by atoms with van der Waals surface area (Å²) in [5.41, 5.74) is -1.27. The number of amides is 1. The number of hydrogen-bond donors (Lipinski definition) is 1. The summed E-state index contributed by atoms with van der Waals surface area (Å²) in [6.07, 6.45) is 3.54. The molecule has 1 aromatic carbocycles. The molecule has 3 aromatic heterocycles. The molecule has 1 amide bonds. The predicted octanol–water partition coefficient (Wildman–Crippen LogP) is 3.28. The minimum Gasteiger partial charge on any atom is -0.507 e. The lowest BCUT2D eigenvalue weighted by Gasteiger charge is -2.40. The van der Waals surface area contributed by atoms with Crippen LogP contribution in [0.15, 0.2) is 58.9 Å². The molecule has 11 nitrogen and oxygen atoms in total. The average molecular weight is 613 g/mol. The fourth-order valence-electron chi connectivity index (χ4n) is 5.16. The van der Waals surface area contributed by atoms with Gasteiger partial charge < -0.3 is 14.9 Å². The fourth-order valence-corrected chi connectivity index (χ4v) is 6.30. The van der Waals surface area contributed by atoms with Crippen molar-refractivity contribution >= 4 is 44.2 Å². The second kappa shape index (κ2) is 10.8. The van der Waals surface area contributed by atoms with Crippen molar-refractivity contribution in [1.29, 1.82) is 0 Å². The number of aromatic hydroxyl groups is 1. The first-order chi connectivity index (χ1) is 19.8. The molecule has 0 saturated carbocycles. The number of phenolic OH excluding ortho intramolecular Hbond substituents is 1. The normalized spacial score (nSPS) is 15.7. The van der Waals surface area contributed by atoms with Gasteiger partial charge in [0.1, 0.15) is 17.4 Å². The Hall–Kier alpha value is -4.36. The summed E-state index contributed by atoms with van der Waals surface area (Å²) in [5, 5.41) is 10.7. The van der Waals surface area contributed by atoms with Gasteiger partial charge in [0.2, 0.25) is 5.91 Å². The number of benzene rings is 1. The lowest BCUT2D eigenvalue weighted by atomic mass is 10.1. The summed E-state index contributed by atoms with van der Waals surface area (Å²) in [7, 11) is -3.87. The first kappa shape index (κ1) is 29.1. The van der Waals surface area contributed by atoms with Gasteiger partial charge in [0.25, 0.3) is 0 Å². The molecule has 42 heavy (non-hydrogen) atoms. The number of phenols is 1. The number of hydrogen-bond acceptors (Lipinski definition) is 9. The molecule has 4 aromatic rings. The van der Waals surface area contributed by atoms with Crippen molar-refractivity contribution < 1.29 is 22.7 Å². The number of rotatable bonds is 5. The Balaban J connectivity index is 1.86. The van der Waals surface area contributed by atoms with E-state index < -0.39 is 27.1 Å². The van der Waals surface area contributed by atoms with E-state index in [9.17, 15) is 27.5 Å². The smallest absolute Gasteiger partial charge is 0.355 e. The third kappa shape index (κ3) is 4.98. The predicted molar refractivity (Wildman–Crippen MR) is 156 cm³/mol. The summed E-state index contributed by atoms with van der Waals surface area (Å²) in [5.74, 6) is -1.27. The lowest BCUT2D eigenvalue weighted by molar-refractivity contribution is -0.126. The molecule has 218 valence electrons. The van der Waals surface area contributed by atoms with E-state index in [4.69, 9.17) is 11.6 Å². The molecule has 4 heterocycles. The molecular weight excluding hydrogens is 587 g/mol. The quantitative estimate of drug-likeness (QED) is 0.336. The number of halogens is 2. The maximum absolute atomic E-state index is 15.0. The van der Waals surface area contributed by atoms with Crippen molar-refractivity contribution in [2.24, 2.45) is 0 Å².